The van der Waals surface area contributed by atoms with Gasteiger partial charge in [0.05, 0.1) is 16.7 Å². The van der Waals surface area contributed by atoms with Crippen molar-refractivity contribution in [3.05, 3.63) is 28.8 Å². The fraction of sp³-hybridized carbons (Fsp3) is 0.500. The fourth-order valence-corrected chi connectivity index (χ4v) is 4.78. The van der Waals surface area contributed by atoms with Gasteiger partial charge in [0, 0.05) is 19.1 Å². The van der Waals surface area contributed by atoms with E-state index in [4.69, 9.17) is 16.9 Å². The van der Waals surface area contributed by atoms with Crippen molar-refractivity contribution in [3.8, 4) is 6.07 Å². The molecule has 1 atom stereocenters. The summed E-state index contributed by atoms with van der Waals surface area (Å²) in [4.78, 5) is 0.0727. The molecule has 8 heteroatoms. The Kier molecular flexibility index (Phi) is 7.10. The normalized spacial score (nSPS) is 18.0. The molecule has 2 rings (SSSR count). The monoisotopic (exact) mass is 363 g/mol. The van der Waals surface area contributed by atoms with Gasteiger partial charge in [-0.25, -0.2) is 8.42 Å². The van der Waals surface area contributed by atoms with Gasteiger partial charge in [0.25, 0.3) is 0 Å². The van der Waals surface area contributed by atoms with E-state index in [-0.39, 0.29) is 28.4 Å². The number of nitriles is 1. The van der Waals surface area contributed by atoms with Crippen LogP contribution in [0.1, 0.15) is 25.3 Å². The molecule has 22 heavy (non-hydrogen) atoms. The maximum absolute atomic E-state index is 12.9. The number of hydrogen-bond donors (Lipinski definition) is 1. The SMILES string of the molecule is CCCN(C1CCNC1)S(=O)(=O)c1ccc(C#N)cc1Cl.Cl. The lowest BCUT2D eigenvalue weighted by Crippen LogP contribution is -2.42. The highest BCUT2D eigenvalue weighted by molar-refractivity contribution is 7.89. The van der Waals surface area contributed by atoms with Gasteiger partial charge in [0.1, 0.15) is 4.90 Å². The molecule has 0 spiro atoms. The van der Waals surface area contributed by atoms with Gasteiger partial charge >= 0.3 is 0 Å². The van der Waals surface area contributed by atoms with Crippen LogP contribution in [0.5, 0.6) is 0 Å². The molecule has 1 unspecified atom stereocenters. The first-order chi connectivity index (χ1) is 10.0. The minimum Gasteiger partial charge on any atom is -0.315 e. The van der Waals surface area contributed by atoms with Crippen LogP contribution in [-0.2, 0) is 10.0 Å². The number of rotatable bonds is 5. The Morgan fingerprint density at radius 2 is 2.23 bits per heavy atom. The van der Waals surface area contributed by atoms with Crippen molar-refractivity contribution in [1.82, 2.24) is 9.62 Å². The highest BCUT2D eigenvalue weighted by Gasteiger charge is 2.33. The number of sulfonamides is 1. The van der Waals surface area contributed by atoms with Crippen molar-refractivity contribution >= 4 is 34.0 Å². The molecule has 1 N–H and O–H groups in total. The zero-order valence-corrected chi connectivity index (χ0v) is 14.6. The molecule has 1 heterocycles. The molecule has 1 fully saturated rings. The maximum atomic E-state index is 12.9. The van der Waals surface area contributed by atoms with Gasteiger partial charge in [-0.05, 0) is 37.6 Å². The number of hydrogen-bond acceptors (Lipinski definition) is 4. The minimum atomic E-state index is -3.65. The third kappa shape index (κ3) is 3.92. The summed E-state index contributed by atoms with van der Waals surface area (Å²) < 4.78 is 27.2. The molecule has 0 aliphatic carbocycles. The van der Waals surface area contributed by atoms with Crippen LogP contribution in [0.25, 0.3) is 0 Å². The molecule has 0 amide bonds. The minimum absolute atomic E-state index is 0. The van der Waals surface area contributed by atoms with Crippen molar-refractivity contribution < 1.29 is 8.42 Å². The van der Waals surface area contributed by atoms with Gasteiger partial charge in [-0.2, -0.15) is 9.57 Å². The van der Waals surface area contributed by atoms with Crippen molar-refractivity contribution in [2.24, 2.45) is 0 Å². The second kappa shape index (κ2) is 8.14. The largest absolute Gasteiger partial charge is 0.315 e. The van der Waals surface area contributed by atoms with Gasteiger partial charge < -0.3 is 5.32 Å². The molecule has 0 aromatic heterocycles. The number of nitrogens with one attached hydrogen (secondary N) is 1. The Bertz CT molecular complexity index is 653. The van der Waals surface area contributed by atoms with Crippen LogP contribution in [-0.4, -0.2) is 38.4 Å². The first-order valence-electron chi connectivity index (χ1n) is 6.93. The van der Waals surface area contributed by atoms with Crippen LogP contribution in [0, 0.1) is 11.3 Å². The molecule has 1 saturated heterocycles. The molecule has 0 saturated carbocycles. The van der Waals surface area contributed by atoms with Gasteiger partial charge in [-0.1, -0.05) is 18.5 Å². The van der Waals surface area contributed by atoms with Crippen molar-refractivity contribution in [2.45, 2.75) is 30.7 Å². The lowest BCUT2D eigenvalue weighted by atomic mass is 10.2. The summed E-state index contributed by atoms with van der Waals surface area (Å²) in [5.41, 5.74) is 0.350. The molecular weight excluding hydrogens is 345 g/mol. The van der Waals surface area contributed by atoms with Gasteiger partial charge in [-0.3, -0.25) is 0 Å². The molecule has 0 bridgehead atoms. The molecule has 122 valence electrons. The van der Waals surface area contributed by atoms with Gasteiger partial charge in [-0.15, -0.1) is 12.4 Å². The topological polar surface area (TPSA) is 73.2 Å². The number of benzene rings is 1. The zero-order valence-electron chi connectivity index (χ0n) is 12.3. The third-order valence-corrected chi connectivity index (χ3v) is 5.97. The average molecular weight is 364 g/mol. The highest BCUT2D eigenvalue weighted by Crippen LogP contribution is 2.28. The van der Waals surface area contributed by atoms with E-state index in [0.717, 1.165) is 19.4 Å². The summed E-state index contributed by atoms with van der Waals surface area (Å²) in [5.74, 6) is 0. The Morgan fingerprint density at radius 1 is 1.50 bits per heavy atom. The Balaban J connectivity index is 0.00000242. The van der Waals surface area contributed by atoms with E-state index in [1.807, 2.05) is 13.0 Å². The van der Waals surface area contributed by atoms with E-state index >= 15 is 0 Å². The summed E-state index contributed by atoms with van der Waals surface area (Å²) >= 11 is 6.07. The molecule has 1 aliphatic rings. The van der Waals surface area contributed by atoms with E-state index in [2.05, 4.69) is 5.32 Å². The van der Waals surface area contributed by atoms with Gasteiger partial charge in [0.15, 0.2) is 0 Å². The lowest BCUT2D eigenvalue weighted by Gasteiger charge is -2.27. The highest BCUT2D eigenvalue weighted by atomic mass is 35.5. The summed E-state index contributed by atoms with van der Waals surface area (Å²) in [7, 11) is -3.65. The van der Waals surface area contributed by atoms with Crippen LogP contribution >= 0.6 is 24.0 Å². The first-order valence-corrected chi connectivity index (χ1v) is 8.74. The summed E-state index contributed by atoms with van der Waals surface area (Å²) in [6, 6.07) is 6.21. The van der Waals surface area contributed by atoms with Crippen molar-refractivity contribution in [3.63, 3.8) is 0 Å². The van der Waals surface area contributed by atoms with Crippen LogP contribution in [0.2, 0.25) is 5.02 Å². The molecule has 5 nitrogen and oxygen atoms in total. The zero-order chi connectivity index (χ0) is 15.5. The third-order valence-electron chi connectivity index (χ3n) is 3.53. The smallest absolute Gasteiger partial charge is 0.244 e. The summed E-state index contributed by atoms with van der Waals surface area (Å²) in [5, 5.41) is 12.1. The first kappa shape index (κ1) is 19.2. The van der Waals surface area contributed by atoms with E-state index in [0.29, 0.717) is 18.7 Å². The summed E-state index contributed by atoms with van der Waals surface area (Å²) in [6.45, 7) is 3.89. The number of nitrogens with zero attached hydrogens (tertiary/aromatic N) is 2. The molecular formula is C14H19Cl2N3O2S. The Labute approximate surface area is 142 Å². The Hall–Kier alpha value is -0.840. The van der Waals surface area contributed by atoms with Crippen LogP contribution in [0.15, 0.2) is 23.1 Å². The van der Waals surface area contributed by atoms with Crippen LogP contribution in [0.3, 0.4) is 0 Å². The van der Waals surface area contributed by atoms with Crippen molar-refractivity contribution in [1.29, 1.82) is 5.26 Å². The predicted octanol–water partition coefficient (Wildman–Crippen LogP) is 2.40. The molecule has 0 radical (unpaired) electrons. The van der Waals surface area contributed by atoms with Gasteiger partial charge in [0.2, 0.25) is 10.0 Å². The Morgan fingerprint density at radius 3 is 2.73 bits per heavy atom. The molecule has 1 aromatic rings. The van der Waals surface area contributed by atoms with E-state index < -0.39 is 10.0 Å². The second-order valence-electron chi connectivity index (χ2n) is 5.02. The summed E-state index contributed by atoms with van der Waals surface area (Å²) in [6.07, 6.45) is 1.54. The van der Waals surface area contributed by atoms with E-state index in [1.54, 1.807) is 0 Å². The number of halogens is 2. The molecule has 1 aromatic carbocycles. The maximum Gasteiger partial charge on any atom is 0.244 e. The van der Waals surface area contributed by atoms with Crippen LogP contribution in [0.4, 0.5) is 0 Å². The average Bonchev–Trinajstić information content (AvgIpc) is 2.97. The lowest BCUT2D eigenvalue weighted by molar-refractivity contribution is 0.335. The van der Waals surface area contributed by atoms with Crippen LogP contribution < -0.4 is 5.32 Å². The standard InChI is InChI=1S/C14H18ClN3O2S.ClH/c1-2-7-18(12-5-6-17-10-12)21(19,20)14-4-3-11(9-16)8-13(14)15;/h3-4,8,12,17H,2,5-7,10H2,1H3;1H. The van der Waals surface area contributed by atoms with Crippen molar-refractivity contribution in [2.75, 3.05) is 19.6 Å². The molecule has 1 aliphatic heterocycles. The fourth-order valence-electron chi connectivity index (χ4n) is 2.51. The predicted molar refractivity (Wildman–Crippen MR) is 88.9 cm³/mol. The van der Waals surface area contributed by atoms with E-state index in [9.17, 15) is 8.42 Å². The quantitative estimate of drug-likeness (QED) is 0.871. The second-order valence-corrected chi connectivity index (χ2v) is 7.29. The van der Waals surface area contributed by atoms with E-state index in [1.165, 1.54) is 22.5 Å².